The molecule has 1 aliphatic rings. The third-order valence-corrected chi connectivity index (χ3v) is 5.84. The van der Waals surface area contributed by atoms with Gasteiger partial charge in [-0.25, -0.2) is 4.98 Å². The van der Waals surface area contributed by atoms with E-state index in [1.807, 2.05) is 30.5 Å². The normalized spacial score (nSPS) is 16.0. The second-order valence-corrected chi connectivity index (χ2v) is 7.80. The number of aromatic nitrogens is 3. The molecule has 2 aromatic heterocycles. The van der Waals surface area contributed by atoms with Crippen LogP contribution in [0.5, 0.6) is 0 Å². The van der Waals surface area contributed by atoms with E-state index < -0.39 is 0 Å². The van der Waals surface area contributed by atoms with Crippen LogP contribution in [0, 0.1) is 0 Å². The smallest absolute Gasteiger partial charge is 0.253 e. The van der Waals surface area contributed by atoms with Crippen molar-refractivity contribution >= 4 is 16.9 Å². The molecule has 7 heteroatoms. The molecule has 0 aliphatic heterocycles. The van der Waals surface area contributed by atoms with Gasteiger partial charge >= 0.3 is 0 Å². The second kappa shape index (κ2) is 9.36. The van der Waals surface area contributed by atoms with E-state index in [1.54, 1.807) is 0 Å². The molecule has 1 aliphatic carbocycles. The van der Waals surface area contributed by atoms with Crippen LogP contribution in [0.25, 0.3) is 11.0 Å². The lowest BCUT2D eigenvalue weighted by Gasteiger charge is -2.33. The molecule has 0 fully saturated rings. The molecule has 0 saturated heterocycles. The van der Waals surface area contributed by atoms with Crippen molar-refractivity contribution in [1.29, 1.82) is 0 Å². The number of aryl methyl sites for hydroxylation is 1. The van der Waals surface area contributed by atoms with Crippen LogP contribution in [0.2, 0.25) is 0 Å². The minimum atomic E-state index is -0.107. The van der Waals surface area contributed by atoms with E-state index in [-0.39, 0.29) is 5.91 Å². The zero-order valence-corrected chi connectivity index (χ0v) is 17.5. The molecule has 1 amide bonds. The number of para-hydroxylation sites is 1. The Kier molecular flexibility index (Phi) is 6.40. The maximum atomic E-state index is 12.6. The van der Waals surface area contributed by atoms with Gasteiger partial charge in [-0.15, -0.1) is 0 Å². The van der Waals surface area contributed by atoms with E-state index >= 15 is 0 Å². The maximum Gasteiger partial charge on any atom is 0.253 e. The summed E-state index contributed by atoms with van der Waals surface area (Å²) in [5, 5.41) is 2.92. The van der Waals surface area contributed by atoms with Crippen LogP contribution in [0.3, 0.4) is 0 Å². The lowest BCUT2D eigenvalue weighted by molar-refractivity contribution is 0.0955. The summed E-state index contributed by atoms with van der Waals surface area (Å²) >= 11 is 0. The van der Waals surface area contributed by atoms with Crippen LogP contribution >= 0.6 is 0 Å². The van der Waals surface area contributed by atoms with Crippen molar-refractivity contribution in [2.24, 2.45) is 5.73 Å². The first-order chi connectivity index (χ1) is 14.7. The highest BCUT2D eigenvalue weighted by Crippen LogP contribution is 2.33. The van der Waals surface area contributed by atoms with Gasteiger partial charge in [0.2, 0.25) is 0 Å². The number of nitrogens with zero attached hydrogens (tertiary/aromatic N) is 3. The minimum absolute atomic E-state index is 0.107. The Balaban J connectivity index is 1.56. The van der Waals surface area contributed by atoms with Gasteiger partial charge < -0.3 is 16.0 Å². The Hall–Kier alpha value is -2.77. The SMILES string of the molecule is CCN(Cc1nc2c(C(=O)NCCCN)cccc2[nH]1)C1CCCc2cccnc21. The van der Waals surface area contributed by atoms with E-state index in [9.17, 15) is 4.79 Å². The molecule has 1 aromatic carbocycles. The largest absolute Gasteiger partial charge is 0.352 e. The van der Waals surface area contributed by atoms with Crippen molar-refractivity contribution in [2.45, 2.75) is 45.2 Å². The number of benzene rings is 1. The first-order valence-corrected chi connectivity index (χ1v) is 10.8. The van der Waals surface area contributed by atoms with Crippen molar-refractivity contribution in [2.75, 3.05) is 19.6 Å². The molecule has 1 atom stereocenters. The van der Waals surface area contributed by atoms with E-state index in [1.165, 1.54) is 17.7 Å². The molecule has 4 N–H and O–H groups in total. The van der Waals surface area contributed by atoms with Gasteiger partial charge in [0.25, 0.3) is 5.91 Å². The predicted octanol–water partition coefficient (Wildman–Crippen LogP) is 2.94. The average molecular weight is 407 g/mol. The number of imidazole rings is 1. The molecule has 4 rings (SSSR count). The molecule has 30 heavy (non-hydrogen) atoms. The fourth-order valence-electron chi connectivity index (χ4n) is 4.32. The average Bonchev–Trinajstić information content (AvgIpc) is 3.20. The lowest BCUT2D eigenvalue weighted by Crippen LogP contribution is -2.32. The van der Waals surface area contributed by atoms with E-state index in [0.717, 1.165) is 42.7 Å². The van der Waals surface area contributed by atoms with Gasteiger partial charge in [0, 0.05) is 12.7 Å². The van der Waals surface area contributed by atoms with E-state index in [0.29, 0.717) is 31.2 Å². The van der Waals surface area contributed by atoms with Gasteiger partial charge in [0.1, 0.15) is 11.3 Å². The highest BCUT2D eigenvalue weighted by Gasteiger charge is 2.27. The molecule has 3 aromatic rings. The highest BCUT2D eigenvalue weighted by molar-refractivity contribution is 6.04. The Bertz CT molecular complexity index is 1010. The third-order valence-electron chi connectivity index (χ3n) is 5.84. The molecule has 0 bridgehead atoms. The number of fused-ring (bicyclic) bond motifs is 2. The highest BCUT2D eigenvalue weighted by atomic mass is 16.1. The summed E-state index contributed by atoms with van der Waals surface area (Å²) in [5.41, 5.74) is 10.3. The van der Waals surface area contributed by atoms with Crippen LogP contribution in [0.4, 0.5) is 0 Å². The van der Waals surface area contributed by atoms with Crippen LogP contribution in [0.1, 0.15) is 59.7 Å². The monoisotopic (exact) mass is 406 g/mol. The number of nitrogens with one attached hydrogen (secondary N) is 2. The molecule has 0 spiro atoms. The number of carbonyl (C=O) groups is 1. The van der Waals surface area contributed by atoms with Crippen molar-refractivity contribution in [3.05, 3.63) is 59.2 Å². The molecule has 2 heterocycles. The number of nitrogens with two attached hydrogens (primary N) is 1. The van der Waals surface area contributed by atoms with Gasteiger partial charge in [-0.05, 0) is 62.5 Å². The van der Waals surface area contributed by atoms with Crippen LogP contribution in [-0.4, -0.2) is 45.4 Å². The summed E-state index contributed by atoms with van der Waals surface area (Å²) < 4.78 is 0. The Morgan fingerprint density at radius 3 is 3.07 bits per heavy atom. The van der Waals surface area contributed by atoms with Gasteiger partial charge in [-0.3, -0.25) is 14.7 Å². The summed E-state index contributed by atoms with van der Waals surface area (Å²) in [6.45, 7) is 4.91. The zero-order valence-electron chi connectivity index (χ0n) is 17.5. The number of pyridine rings is 1. The number of aromatic amines is 1. The molecule has 1 unspecified atom stereocenters. The number of hydrogen-bond donors (Lipinski definition) is 3. The minimum Gasteiger partial charge on any atom is -0.352 e. The summed E-state index contributed by atoms with van der Waals surface area (Å²) in [6.07, 6.45) is 6.03. The van der Waals surface area contributed by atoms with E-state index in [2.05, 4.69) is 28.2 Å². The van der Waals surface area contributed by atoms with Gasteiger partial charge in [0.15, 0.2) is 0 Å². The van der Waals surface area contributed by atoms with Gasteiger partial charge in [-0.1, -0.05) is 19.1 Å². The fourth-order valence-corrected chi connectivity index (χ4v) is 4.32. The second-order valence-electron chi connectivity index (χ2n) is 7.80. The first-order valence-electron chi connectivity index (χ1n) is 10.8. The Morgan fingerprint density at radius 2 is 2.23 bits per heavy atom. The molecular formula is C23H30N6O. The number of rotatable bonds is 8. The Morgan fingerprint density at radius 1 is 1.33 bits per heavy atom. The number of hydrogen-bond acceptors (Lipinski definition) is 5. The van der Waals surface area contributed by atoms with Crippen LogP contribution < -0.4 is 11.1 Å². The Labute approximate surface area is 177 Å². The van der Waals surface area contributed by atoms with Crippen molar-refractivity contribution in [1.82, 2.24) is 25.2 Å². The maximum absolute atomic E-state index is 12.6. The summed E-state index contributed by atoms with van der Waals surface area (Å²) in [5.74, 6) is 0.766. The predicted molar refractivity (Wildman–Crippen MR) is 118 cm³/mol. The standard InChI is InChI=1S/C23H30N6O/c1-2-29(19-11-3-7-16-8-5-13-25-21(16)19)15-20-27-18-10-4-9-17(22(18)28-20)23(30)26-14-6-12-24/h4-5,8-10,13,19H,2-3,6-7,11-12,14-15,24H2,1H3,(H,26,30)(H,27,28). The topological polar surface area (TPSA) is 99.9 Å². The van der Waals surface area contributed by atoms with Crippen molar-refractivity contribution in [3.8, 4) is 0 Å². The molecular weight excluding hydrogens is 376 g/mol. The van der Waals surface area contributed by atoms with Gasteiger partial charge in [0.05, 0.1) is 29.4 Å². The summed E-state index contributed by atoms with van der Waals surface area (Å²) in [6, 6.07) is 10.2. The van der Waals surface area contributed by atoms with E-state index in [4.69, 9.17) is 15.7 Å². The third kappa shape index (κ3) is 4.22. The lowest BCUT2D eigenvalue weighted by atomic mass is 9.91. The molecule has 7 nitrogen and oxygen atoms in total. The number of H-pyrrole nitrogens is 1. The van der Waals surface area contributed by atoms with Gasteiger partial charge in [-0.2, -0.15) is 0 Å². The zero-order chi connectivity index (χ0) is 20.9. The quantitative estimate of drug-likeness (QED) is 0.500. The molecule has 0 saturated carbocycles. The summed E-state index contributed by atoms with van der Waals surface area (Å²) in [4.78, 5) is 27.9. The van der Waals surface area contributed by atoms with Crippen molar-refractivity contribution in [3.63, 3.8) is 0 Å². The number of carbonyl (C=O) groups excluding carboxylic acids is 1. The summed E-state index contributed by atoms with van der Waals surface area (Å²) in [7, 11) is 0. The molecule has 0 radical (unpaired) electrons. The first kappa shape index (κ1) is 20.5. The number of amides is 1. The molecule has 158 valence electrons. The van der Waals surface area contributed by atoms with Crippen LogP contribution in [0.15, 0.2) is 36.5 Å². The van der Waals surface area contributed by atoms with Crippen molar-refractivity contribution < 1.29 is 4.79 Å². The van der Waals surface area contributed by atoms with Crippen LogP contribution in [-0.2, 0) is 13.0 Å². The fraction of sp³-hybridized carbons (Fsp3) is 0.435.